The summed E-state index contributed by atoms with van der Waals surface area (Å²) >= 11 is 0. The highest BCUT2D eigenvalue weighted by Gasteiger charge is 2.35. The third kappa shape index (κ3) is 6.25. The monoisotopic (exact) mass is 416 g/mol. The van der Waals surface area contributed by atoms with Crippen molar-refractivity contribution in [1.29, 1.82) is 0 Å². The maximum atomic E-state index is 14.1. The quantitative estimate of drug-likeness (QED) is 0.476. The topological polar surface area (TPSA) is 55.4 Å². The number of benzene rings is 1. The third-order valence-electron chi connectivity index (χ3n) is 4.82. The lowest BCUT2D eigenvalue weighted by Crippen LogP contribution is -2.43. The van der Waals surface area contributed by atoms with Crippen LogP contribution in [0.2, 0.25) is 0 Å². The number of aliphatic hydroxyl groups is 1. The number of aromatic nitrogens is 2. The first-order valence-corrected chi connectivity index (χ1v) is 9.54. The van der Waals surface area contributed by atoms with Crippen LogP contribution in [0.5, 0.6) is 0 Å². The van der Waals surface area contributed by atoms with Crippen molar-refractivity contribution in [2.45, 2.75) is 58.7 Å². The molecular formula is C20H28F4N4O. The molecule has 0 fully saturated rings. The van der Waals surface area contributed by atoms with Crippen LogP contribution in [0.1, 0.15) is 50.9 Å². The Balaban J connectivity index is 2.25. The van der Waals surface area contributed by atoms with E-state index in [0.717, 1.165) is 6.07 Å². The van der Waals surface area contributed by atoms with E-state index in [0.29, 0.717) is 18.7 Å². The summed E-state index contributed by atoms with van der Waals surface area (Å²) in [4.78, 5) is 3.72. The molecule has 0 bridgehead atoms. The van der Waals surface area contributed by atoms with E-state index in [1.165, 1.54) is 11.0 Å². The number of alkyl halides is 3. The summed E-state index contributed by atoms with van der Waals surface area (Å²) in [6.07, 6.45) is -6.00. The summed E-state index contributed by atoms with van der Waals surface area (Å²) in [6, 6.07) is 7.40. The molecule has 0 spiro atoms. The lowest BCUT2D eigenvalue weighted by atomic mass is 10.1. The van der Waals surface area contributed by atoms with E-state index in [2.05, 4.69) is 15.1 Å². The highest BCUT2D eigenvalue weighted by Crippen LogP contribution is 2.30. The van der Waals surface area contributed by atoms with E-state index in [-0.39, 0.29) is 24.3 Å². The van der Waals surface area contributed by atoms with Gasteiger partial charge in [0.2, 0.25) is 0 Å². The van der Waals surface area contributed by atoms with Crippen LogP contribution in [0.4, 0.5) is 17.6 Å². The Labute approximate surface area is 168 Å². The van der Waals surface area contributed by atoms with Gasteiger partial charge in [0.25, 0.3) is 0 Å². The summed E-state index contributed by atoms with van der Waals surface area (Å²) < 4.78 is 52.7. The zero-order valence-corrected chi connectivity index (χ0v) is 17.0. The van der Waals surface area contributed by atoms with Gasteiger partial charge in [-0.05, 0) is 39.8 Å². The fourth-order valence-corrected chi connectivity index (χ4v) is 3.30. The van der Waals surface area contributed by atoms with Crippen molar-refractivity contribution in [3.63, 3.8) is 0 Å². The number of halogens is 4. The molecule has 0 aliphatic carbocycles. The van der Waals surface area contributed by atoms with E-state index >= 15 is 0 Å². The van der Waals surface area contributed by atoms with Gasteiger partial charge >= 0.3 is 6.18 Å². The van der Waals surface area contributed by atoms with Gasteiger partial charge in [0.05, 0.1) is 5.69 Å². The maximum absolute atomic E-state index is 14.1. The van der Waals surface area contributed by atoms with E-state index in [1.54, 1.807) is 18.2 Å². The number of nitrogens with one attached hydrogen (secondary N) is 1. The van der Waals surface area contributed by atoms with Crippen LogP contribution >= 0.6 is 0 Å². The lowest BCUT2D eigenvalue weighted by Gasteiger charge is -2.34. The van der Waals surface area contributed by atoms with Crippen LogP contribution in [-0.2, 0) is 12.7 Å². The van der Waals surface area contributed by atoms with Crippen LogP contribution in [0.15, 0.2) is 30.3 Å². The minimum absolute atomic E-state index is 0.0399. The smallest absolute Gasteiger partial charge is 0.372 e. The zero-order chi connectivity index (χ0) is 21.8. The minimum atomic E-state index is -4.61. The molecule has 0 amide bonds. The van der Waals surface area contributed by atoms with Gasteiger partial charge in [-0.2, -0.15) is 18.3 Å². The van der Waals surface area contributed by atoms with Gasteiger partial charge < -0.3 is 5.11 Å². The highest BCUT2D eigenvalue weighted by molar-refractivity contribution is 5.18. The molecule has 5 nitrogen and oxygen atoms in total. The average molecular weight is 416 g/mol. The Bertz CT molecular complexity index is 768. The fraction of sp³-hybridized carbons (Fsp3) is 0.550. The first kappa shape index (κ1) is 23.3. The largest absolute Gasteiger partial charge is 0.435 e. The van der Waals surface area contributed by atoms with E-state index in [4.69, 9.17) is 0 Å². The minimum Gasteiger partial charge on any atom is -0.372 e. The number of hydrogen-bond acceptors (Lipinski definition) is 4. The summed E-state index contributed by atoms with van der Waals surface area (Å²) in [7, 11) is 0. The van der Waals surface area contributed by atoms with Crippen molar-refractivity contribution in [2.24, 2.45) is 0 Å². The summed E-state index contributed by atoms with van der Waals surface area (Å²) in [6.45, 7) is 9.10. The molecule has 0 saturated carbocycles. The highest BCUT2D eigenvalue weighted by atomic mass is 19.4. The lowest BCUT2D eigenvalue weighted by molar-refractivity contribution is -0.141. The second-order valence-electron chi connectivity index (χ2n) is 7.57. The first-order valence-electron chi connectivity index (χ1n) is 9.54. The molecule has 2 rings (SSSR count). The second-order valence-corrected chi connectivity index (χ2v) is 7.57. The Hall–Kier alpha value is -1.97. The van der Waals surface area contributed by atoms with Gasteiger partial charge in [0, 0.05) is 37.3 Å². The molecule has 29 heavy (non-hydrogen) atoms. The number of hydrogen-bond donors (Lipinski definition) is 2. The van der Waals surface area contributed by atoms with Crippen molar-refractivity contribution in [3.8, 4) is 0 Å². The first-order chi connectivity index (χ1) is 13.5. The number of nitrogens with zero attached hydrogens (tertiary/aromatic N) is 3. The maximum Gasteiger partial charge on any atom is 0.435 e. The van der Waals surface area contributed by atoms with Gasteiger partial charge in [0.1, 0.15) is 12.0 Å². The van der Waals surface area contributed by atoms with Crippen LogP contribution in [-0.4, -0.2) is 50.3 Å². The molecule has 0 aliphatic rings. The van der Waals surface area contributed by atoms with E-state index < -0.39 is 23.9 Å². The molecule has 1 aromatic carbocycles. The normalized spacial score (nSPS) is 13.8. The van der Waals surface area contributed by atoms with Crippen molar-refractivity contribution in [3.05, 3.63) is 53.1 Å². The number of H-pyrrole nitrogens is 1. The predicted octanol–water partition coefficient (Wildman–Crippen LogP) is 4.18. The number of aromatic amines is 1. The molecule has 1 atom stereocenters. The number of aliphatic hydroxyl groups excluding tert-OH is 1. The van der Waals surface area contributed by atoms with Gasteiger partial charge in [0.15, 0.2) is 5.69 Å². The second kappa shape index (κ2) is 9.69. The summed E-state index contributed by atoms with van der Waals surface area (Å²) in [5, 5.41) is 16.3. The Morgan fingerprint density at radius 2 is 1.69 bits per heavy atom. The van der Waals surface area contributed by atoms with Gasteiger partial charge in [-0.3, -0.25) is 14.9 Å². The molecule has 1 unspecified atom stereocenters. The summed E-state index contributed by atoms with van der Waals surface area (Å²) in [5.74, 6) is -0.435. The van der Waals surface area contributed by atoms with Crippen molar-refractivity contribution >= 4 is 0 Å². The summed E-state index contributed by atoms with van der Waals surface area (Å²) in [5.41, 5.74) is -0.847. The third-order valence-corrected chi connectivity index (χ3v) is 4.82. The van der Waals surface area contributed by atoms with Crippen LogP contribution in [0.3, 0.4) is 0 Å². The Morgan fingerprint density at radius 3 is 2.21 bits per heavy atom. The molecule has 0 radical (unpaired) electrons. The average Bonchev–Trinajstić information content (AvgIpc) is 3.12. The molecule has 162 valence electrons. The zero-order valence-electron chi connectivity index (χ0n) is 17.0. The number of rotatable bonds is 9. The Morgan fingerprint density at radius 1 is 1.07 bits per heavy atom. The molecule has 0 saturated heterocycles. The molecule has 0 aliphatic heterocycles. The molecule has 9 heteroatoms. The predicted molar refractivity (Wildman–Crippen MR) is 102 cm³/mol. The standard InChI is InChI=1S/C20H28F4N4O/c1-13(2)28(14(3)4)10-9-27(12-15-7-5-6-8-16(15)21)19(29)17-11-18(26-25-17)20(22,23)24/h5-8,11,13-14,19,29H,9-10,12H2,1-4H3,(H,25,26). The molecule has 1 aromatic heterocycles. The van der Waals surface area contributed by atoms with Crippen LogP contribution in [0, 0.1) is 5.82 Å². The van der Waals surface area contributed by atoms with Crippen LogP contribution in [0.25, 0.3) is 0 Å². The van der Waals surface area contributed by atoms with E-state index in [9.17, 15) is 22.7 Å². The van der Waals surface area contributed by atoms with Gasteiger partial charge in [-0.15, -0.1) is 0 Å². The molecule has 2 N–H and O–H groups in total. The van der Waals surface area contributed by atoms with Crippen molar-refractivity contribution in [2.75, 3.05) is 13.1 Å². The van der Waals surface area contributed by atoms with Crippen molar-refractivity contribution in [1.82, 2.24) is 20.0 Å². The van der Waals surface area contributed by atoms with Crippen molar-refractivity contribution < 1.29 is 22.7 Å². The van der Waals surface area contributed by atoms with Gasteiger partial charge in [-0.25, -0.2) is 4.39 Å². The molecular weight excluding hydrogens is 388 g/mol. The Kier molecular flexibility index (Phi) is 7.79. The molecule has 1 heterocycles. The van der Waals surface area contributed by atoms with Gasteiger partial charge in [-0.1, -0.05) is 18.2 Å². The fourth-order valence-electron chi connectivity index (χ4n) is 3.30. The van der Waals surface area contributed by atoms with E-state index in [1.807, 2.05) is 27.7 Å². The molecule has 2 aromatic rings. The van der Waals surface area contributed by atoms with Crippen LogP contribution < -0.4 is 0 Å². The SMILES string of the molecule is CC(C)N(CCN(Cc1ccccc1F)C(O)c1cc(C(F)(F)F)n[nH]1)C(C)C.